The third-order valence-corrected chi connectivity index (χ3v) is 3.51. The van der Waals surface area contributed by atoms with Crippen molar-refractivity contribution in [3.05, 3.63) is 18.0 Å². The highest BCUT2D eigenvalue weighted by molar-refractivity contribution is 5.30. The summed E-state index contributed by atoms with van der Waals surface area (Å²) in [5, 5.41) is 3.10. The van der Waals surface area contributed by atoms with E-state index in [1.807, 2.05) is 19.4 Å². The van der Waals surface area contributed by atoms with Crippen LogP contribution < -0.4 is 10.2 Å². The second kappa shape index (κ2) is 5.96. The maximum atomic E-state index is 4.45. The van der Waals surface area contributed by atoms with E-state index in [4.69, 9.17) is 0 Å². The molecule has 0 bridgehead atoms. The van der Waals surface area contributed by atoms with Crippen LogP contribution in [-0.4, -0.2) is 30.1 Å². The number of hydrogen-bond donors (Lipinski definition) is 1. The lowest BCUT2D eigenvalue weighted by atomic mass is 9.95. The summed E-state index contributed by atoms with van der Waals surface area (Å²) < 4.78 is 0. The zero-order chi connectivity index (χ0) is 12.1. The number of rotatable bonds is 4. The minimum atomic E-state index is 0.624. The van der Waals surface area contributed by atoms with Gasteiger partial charge in [0.05, 0.1) is 0 Å². The first-order valence-electron chi connectivity index (χ1n) is 6.49. The molecule has 1 saturated carbocycles. The number of nitrogens with zero attached hydrogens (tertiary/aromatic N) is 3. The Balaban J connectivity index is 2.00. The maximum Gasteiger partial charge on any atom is 0.225 e. The fourth-order valence-corrected chi connectivity index (χ4v) is 2.46. The lowest BCUT2D eigenvalue weighted by Crippen LogP contribution is -2.34. The van der Waals surface area contributed by atoms with Crippen LogP contribution in [0.1, 0.15) is 37.7 Å². The number of aromatic nitrogens is 2. The summed E-state index contributed by atoms with van der Waals surface area (Å²) in [6, 6.07) is 0.624. The van der Waals surface area contributed by atoms with Crippen LogP contribution >= 0.6 is 0 Å². The summed E-state index contributed by atoms with van der Waals surface area (Å²) in [4.78, 5) is 11.1. The number of hydrogen-bond acceptors (Lipinski definition) is 4. The topological polar surface area (TPSA) is 41.1 Å². The van der Waals surface area contributed by atoms with Crippen LogP contribution in [0.5, 0.6) is 0 Å². The predicted molar refractivity (Wildman–Crippen MR) is 70.1 cm³/mol. The van der Waals surface area contributed by atoms with Crippen molar-refractivity contribution in [2.45, 2.75) is 44.7 Å². The van der Waals surface area contributed by atoms with E-state index in [9.17, 15) is 0 Å². The van der Waals surface area contributed by atoms with Crippen LogP contribution in [0.2, 0.25) is 0 Å². The Bertz CT molecular complexity index is 330. The van der Waals surface area contributed by atoms with Gasteiger partial charge in [-0.2, -0.15) is 0 Å². The molecule has 0 amide bonds. The fourth-order valence-electron chi connectivity index (χ4n) is 2.46. The van der Waals surface area contributed by atoms with Gasteiger partial charge in [0.1, 0.15) is 0 Å². The van der Waals surface area contributed by atoms with E-state index in [0.29, 0.717) is 6.04 Å². The fraction of sp³-hybridized carbons (Fsp3) is 0.692. The molecule has 1 aromatic heterocycles. The summed E-state index contributed by atoms with van der Waals surface area (Å²) in [5.41, 5.74) is 1.13. The lowest BCUT2D eigenvalue weighted by Gasteiger charge is -2.31. The van der Waals surface area contributed by atoms with Crippen molar-refractivity contribution < 1.29 is 0 Å². The molecule has 1 fully saturated rings. The summed E-state index contributed by atoms with van der Waals surface area (Å²) >= 11 is 0. The molecule has 0 aliphatic heterocycles. The molecule has 1 heterocycles. The van der Waals surface area contributed by atoms with Crippen molar-refractivity contribution >= 4 is 5.95 Å². The molecule has 1 aliphatic carbocycles. The van der Waals surface area contributed by atoms with Gasteiger partial charge in [-0.15, -0.1) is 0 Å². The van der Waals surface area contributed by atoms with Gasteiger partial charge >= 0.3 is 0 Å². The van der Waals surface area contributed by atoms with E-state index in [2.05, 4.69) is 27.2 Å². The molecule has 0 saturated heterocycles. The van der Waals surface area contributed by atoms with Crippen molar-refractivity contribution in [1.29, 1.82) is 0 Å². The average Bonchev–Trinajstić information content (AvgIpc) is 2.40. The molecule has 0 atom stereocenters. The van der Waals surface area contributed by atoms with Gasteiger partial charge in [0, 0.05) is 37.6 Å². The zero-order valence-corrected chi connectivity index (χ0v) is 10.8. The third-order valence-electron chi connectivity index (χ3n) is 3.51. The van der Waals surface area contributed by atoms with Crippen LogP contribution in [0.4, 0.5) is 5.95 Å². The molecule has 0 radical (unpaired) electrons. The number of anilines is 1. The summed E-state index contributed by atoms with van der Waals surface area (Å²) in [7, 11) is 4.05. The maximum absolute atomic E-state index is 4.45. The first-order chi connectivity index (χ1) is 8.31. The highest BCUT2D eigenvalue weighted by Gasteiger charge is 2.19. The lowest BCUT2D eigenvalue weighted by molar-refractivity contribution is 0.424. The minimum absolute atomic E-state index is 0.624. The van der Waals surface area contributed by atoms with Crippen molar-refractivity contribution in [2.75, 3.05) is 19.0 Å². The molecule has 4 heteroatoms. The van der Waals surface area contributed by atoms with Gasteiger partial charge in [0.2, 0.25) is 5.95 Å². The third kappa shape index (κ3) is 3.16. The van der Waals surface area contributed by atoms with Crippen LogP contribution in [0.3, 0.4) is 0 Å². The SMILES string of the molecule is CNCc1cnc(N(C)C2CCCCC2)nc1. The van der Waals surface area contributed by atoms with Gasteiger partial charge in [0.25, 0.3) is 0 Å². The van der Waals surface area contributed by atoms with E-state index in [1.54, 1.807) is 0 Å². The van der Waals surface area contributed by atoms with Crippen LogP contribution in [0, 0.1) is 0 Å². The highest BCUT2D eigenvalue weighted by Crippen LogP contribution is 2.23. The van der Waals surface area contributed by atoms with Crippen molar-refractivity contribution in [1.82, 2.24) is 15.3 Å². The molecule has 4 nitrogen and oxygen atoms in total. The van der Waals surface area contributed by atoms with Crippen LogP contribution in [0.25, 0.3) is 0 Å². The minimum Gasteiger partial charge on any atom is -0.341 e. The monoisotopic (exact) mass is 234 g/mol. The van der Waals surface area contributed by atoms with Crippen molar-refractivity contribution in [3.63, 3.8) is 0 Å². The van der Waals surface area contributed by atoms with Gasteiger partial charge in [-0.25, -0.2) is 9.97 Å². The smallest absolute Gasteiger partial charge is 0.225 e. The van der Waals surface area contributed by atoms with Gasteiger partial charge in [-0.05, 0) is 19.9 Å². The zero-order valence-electron chi connectivity index (χ0n) is 10.8. The Morgan fingerprint density at radius 1 is 1.24 bits per heavy atom. The Morgan fingerprint density at radius 3 is 2.47 bits per heavy atom. The molecule has 0 aromatic carbocycles. The van der Waals surface area contributed by atoms with Gasteiger partial charge < -0.3 is 10.2 Å². The van der Waals surface area contributed by atoms with E-state index in [0.717, 1.165) is 18.1 Å². The van der Waals surface area contributed by atoms with Gasteiger partial charge in [-0.1, -0.05) is 19.3 Å². The van der Waals surface area contributed by atoms with E-state index >= 15 is 0 Å². The average molecular weight is 234 g/mol. The molecular weight excluding hydrogens is 212 g/mol. The predicted octanol–water partition coefficient (Wildman–Crippen LogP) is 1.96. The highest BCUT2D eigenvalue weighted by atomic mass is 15.2. The number of nitrogens with one attached hydrogen (secondary N) is 1. The largest absolute Gasteiger partial charge is 0.341 e. The van der Waals surface area contributed by atoms with E-state index in [1.165, 1.54) is 32.1 Å². The quantitative estimate of drug-likeness (QED) is 0.864. The van der Waals surface area contributed by atoms with E-state index in [-0.39, 0.29) is 0 Å². The second-order valence-corrected chi connectivity index (χ2v) is 4.82. The van der Waals surface area contributed by atoms with Crippen molar-refractivity contribution in [2.24, 2.45) is 0 Å². The summed E-state index contributed by atoms with van der Waals surface area (Å²) in [5.74, 6) is 0.858. The molecule has 0 unspecified atom stereocenters. The Hall–Kier alpha value is -1.16. The molecule has 1 N–H and O–H groups in total. The summed E-state index contributed by atoms with van der Waals surface area (Å²) in [6.45, 7) is 0.827. The first kappa shape index (κ1) is 12.3. The molecular formula is C13H22N4. The first-order valence-corrected chi connectivity index (χ1v) is 6.49. The van der Waals surface area contributed by atoms with Gasteiger partial charge in [0.15, 0.2) is 0 Å². The standard InChI is InChI=1S/C13H22N4/c1-14-8-11-9-15-13(16-10-11)17(2)12-6-4-3-5-7-12/h9-10,12,14H,3-8H2,1-2H3. The van der Waals surface area contributed by atoms with Crippen LogP contribution in [-0.2, 0) is 6.54 Å². The Morgan fingerprint density at radius 2 is 1.88 bits per heavy atom. The Kier molecular flexibility index (Phi) is 4.31. The Labute approximate surface area is 103 Å². The molecule has 1 aliphatic rings. The molecule has 94 valence electrons. The van der Waals surface area contributed by atoms with Crippen molar-refractivity contribution in [3.8, 4) is 0 Å². The van der Waals surface area contributed by atoms with E-state index < -0.39 is 0 Å². The molecule has 2 rings (SSSR count). The molecule has 17 heavy (non-hydrogen) atoms. The molecule has 0 spiro atoms. The summed E-state index contributed by atoms with van der Waals surface area (Å²) in [6.07, 6.45) is 10.4. The van der Waals surface area contributed by atoms with Gasteiger partial charge in [-0.3, -0.25) is 0 Å². The second-order valence-electron chi connectivity index (χ2n) is 4.82. The van der Waals surface area contributed by atoms with Crippen LogP contribution in [0.15, 0.2) is 12.4 Å². The molecule has 1 aromatic rings. The normalized spacial score (nSPS) is 17.1.